The first-order valence-electron chi connectivity index (χ1n) is 4.62. The van der Waals surface area contributed by atoms with E-state index in [4.69, 9.17) is 4.74 Å². The average Bonchev–Trinajstić information content (AvgIpc) is 2.15. The number of hydrogen-bond donors (Lipinski definition) is 2. The van der Waals surface area contributed by atoms with Gasteiger partial charge in [0.2, 0.25) is 5.91 Å². The first-order chi connectivity index (χ1) is 6.97. The molecule has 0 bridgehead atoms. The second-order valence-corrected chi connectivity index (χ2v) is 3.32. The van der Waals surface area contributed by atoms with E-state index in [9.17, 15) is 18.0 Å². The summed E-state index contributed by atoms with van der Waals surface area (Å²) >= 11 is 0. The van der Waals surface area contributed by atoms with Crippen LogP contribution in [0.5, 0.6) is 0 Å². The monoisotopic (exact) mass is 262 g/mol. The number of rotatable bonds is 3. The predicted octanol–water partition coefficient (Wildman–Crippen LogP) is 0.465. The lowest BCUT2D eigenvalue weighted by Crippen LogP contribution is -2.45. The molecule has 1 heterocycles. The Labute approximate surface area is 97.3 Å². The lowest BCUT2D eigenvalue weighted by atomic mass is 10.2. The summed E-state index contributed by atoms with van der Waals surface area (Å²) < 4.78 is 40.3. The number of carbonyl (C=O) groups excluding carboxylic acids is 1. The minimum absolute atomic E-state index is 0. The smallest absolute Gasteiger partial charge is 0.378 e. The first kappa shape index (κ1) is 15.5. The Bertz CT molecular complexity index is 220. The Morgan fingerprint density at radius 1 is 1.50 bits per heavy atom. The third-order valence-corrected chi connectivity index (χ3v) is 1.92. The van der Waals surface area contributed by atoms with E-state index in [1.807, 2.05) is 5.32 Å². The molecular formula is C8H14ClF3N2O2. The molecule has 0 aromatic heterocycles. The Kier molecular flexibility index (Phi) is 6.70. The molecule has 96 valence electrons. The van der Waals surface area contributed by atoms with Crippen LogP contribution in [0.15, 0.2) is 0 Å². The van der Waals surface area contributed by atoms with E-state index in [-0.39, 0.29) is 24.9 Å². The van der Waals surface area contributed by atoms with Crippen molar-refractivity contribution in [1.29, 1.82) is 0 Å². The van der Waals surface area contributed by atoms with Crippen LogP contribution < -0.4 is 10.6 Å². The Morgan fingerprint density at radius 2 is 2.19 bits per heavy atom. The van der Waals surface area contributed by atoms with Crippen LogP contribution >= 0.6 is 12.4 Å². The van der Waals surface area contributed by atoms with Gasteiger partial charge in [-0.1, -0.05) is 0 Å². The predicted molar refractivity (Wildman–Crippen MR) is 53.5 cm³/mol. The van der Waals surface area contributed by atoms with E-state index >= 15 is 0 Å². The molecule has 1 aliphatic heterocycles. The van der Waals surface area contributed by atoms with Gasteiger partial charge in [-0.05, 0) is 0 Å². The second-order valence-electron chi connectivity index (χ2n) is 3.32. The number of nitrogens with one attached hydrogen (secondary N) is 2. The van der Waals surface area contributed by atoms with E-state index in [0.29, 0.717) is 19.8 Å². The molecule has 0 radical (unpaired) electrons. The van der Waals surface area contributed by atoms with Crippen LogP contribution in [0.25, 0.3) is 0 Å². The van der Waals surface area contributed by atoms with Crippen molar-refractivity contribution >= 4 is 18.3 Å². The average molecular weight is 263 g/mol. The Morgan fingerprint density at radius 3 is 2.69 bits per heavy atom. The fraction of sp³-hybridized carbons (Fsp3) is 0.875. The van der Waals surface area contributed by atoms with Crippen molar-refractivity contribution in [2.24, 2.45) is 0 Å². The molecule has 0 aromatic rings. The van der Waals surface area contributed by atoms with Gasteiger partial charge in [0.05, 0.1) is 13.2 Å². The number of amides is 1. The summed E-state index contributed by atoms with van der Waals surface area (Å²) in [6.45, 7) is 0.275. The van der Waals surface area contributed by atoms with Crippen LogP contribution in [0.4, 0.5) is 13.2 Å². The Hall–Kier alpha value is -0.530. The molecule has 1 saturated heterocycles. The van der Waals surface area contributed by atoms with Gasteiger partial charge in [0.15, 0.2) is 0 Å². The SMILES string of the molecule is Cl.O=C(CC1COCCN1)NCC(F)(F)F. The lowest BCUT2D eigenvalue weighted by molar-refractivity contribution is -0.139. The van der Waals surface area contributed by atoms with E-state index < -0.39 is 18.6 Å². The molecule has 1 atom stereocenters. The van der Waals surface area contributed by atoms with E-state index in [1.165, 1.54) is 0 Å². The molecule has 8 heteroatoms. The van der Waals surface area contributed by atoms with Gasteiger partial charge in [0.25, 0.3) is 0 Å². The summed E-state index contributed by atoms with van der Waals surface area (Å²) in [5, 5.41) is 4.79. The molecule has 1 rings (SSSR count). The van der Waals surface area contributed by atoms with Gasteiger partial charge in [0, 0.05) is 19.0 Å². The number of carbonyl (C=O) groups is 1. The molecule has 0 saturated carbocycles. The fourth-order valence-electron chi connectivity index (χ4n) is 1.25. The summed E-state index contributed by atoms with van der Waals surface area (Å²) in [6, 6.07) is -0.188. The molecule has 16 heavy (non-hydrogen) atoms. The van der Waals surface area contributed by atoms with Gasteiger partial charge in [-0.15, -0.1) is 12.4 Å². The second kappa shape index (κ2) is 6.93. The molecule has 0 spiro atoms. The summed E-state index contributed by atoms with van der Waals surface area (Å²) in [7, 11) is 0. The highest BCUT2D eigenvalue weighted by atomic mass is 35.5. The number of alkyl halides is 3. The van der Waals surface area contributed by atoms with Crippen molar-refractivity contribution in [2.75, 3.05) is 26.3 Å². The van der Waals surface area contributed by atoms with Crippen molar-refractivity contribution in [2.45, 2.75) is 18.6 Å². The van der Waals surface area contributed by atoms with Crippen LogP contribution in [0.1, 0.15) is 6.42 Å². The van der Waals surface area contributed by atoms with Gasteiger partial charge in [-0.3, -0.25) is 4.79 Å². The number of hydrogen-bond acceptors (Lipinski definition) is 3. The van der Waals surface area contributed by atoms with Crippen molar-refractivity contribution in [3.8, 4) is 0 Å². The van der Waals surface area contributed by atoms with Crippen molar-refractivity contribution < 1.29 is 22.7 Å². The minimum Gasteiger partial charge on any atom is -0.378 e. The van der Waals surface area contributed by atoms with Crippen LogP contribution in [0.3, 0.4) is 0 Å². The summed E-state index contributed by atoms with van der Waals surface area (Å²) in [4.78, 5) is 11.1. The summed E-state index contributed by atoms with van der Waals surface area (Å²) in [5.74, 6) is -0.615. The standard InChI is InChI=1S/C8H13F3N2O2.ClH/c9-8(10,11)5-13-7(14)3-6-4-15-2-1-12-6;/h6,12H,1-5H2,(H,13,14);1H. The van der Waals surface area contributed by atoms with Crippen LogP contribution in [0, 0.1) is 0 Å². The molecular weight excluding hydrogens is 249 g/mol. The zero-order valence-corrected chi connectivity index (χ0v) is 9.29. The van der Waals surface area contributed by atoms with Gasteiger partial charge < -0.3 is 15.4 Å². The number of morpholine rings is 1. The zero-order valence-electron chi connectivity index (χ0n) is 8.47. The maximum Gasteiger partial charge on any atom is 0.405 e. The summed E-state index contributed by atoms with van der Waals surface area (Å²) in [6.07, 6.45) is -4.35. The molecule has 0 aliphatic carbocycles. The van der Waals surface area contributed by atoms with E-state index in [2.05, 4.69) is 5.32 Å². The zero-order chi connectivity index (χ0) is 11.3. The third kappa shape index (κ3) is 6.86. The fourth-order valence-corrected chi connectivity index (χ4v) is 1.25. The normalized spacial score (nSPS) is 21.1. The van der Waals surface area contributed by atoms with Crippen molar-refractivity contribution in [3.63, 3.8) is 0 Å². The van der Waals surface area contributed by atoms with Crippen LogP contribution in [-0.4, -0.2) is 44.4 Å². The minimum atomic E-state index is -4.36. The molecule has 1 aliphatic rings. The van der Waals surface area contributed by atoms with Crippen LogP contribution in [-0.2, 0) is 9.53 Å². The first-order valence-corrected chi connectivity index (χ1v) is 4.62. The topological polar surface area (TPSA) is 50.4 Å². The lowest BCUT2D eigenvalue weighted by Gasteiger charge is -2.23. The summed E-state index contributed by atoms with van der Waals surface area (Å²) in [5.41, 5.74) is 0. The molecule has 1 unspecified atom stereocenters. The maximum absolute atomic E-state index is 11.7. The highest BCUT2D eigenvalue weighted by Crippen LogP contribution is 2.12. The highest BCUT2D eigenvalue weighted by Gasteiger charge is 2.28. The molecule has 0 aromatic carbocycles. The van der Waals surface area contributed by atoms with Gasteiger partial charge in [0.1, 0.15) is 6.54 Å². The van der Waals surface area contributed by atoms with Gasteiger partial charge in [-0.25, -0.2) is 0 Å². The molecule has 1 fully saturated rings. The maximum atomic E-state index is 11.7. The molecule has 4 nitrogen and oxygen atoms in total. The van der Waals surface area contributed by atoms with Gasteiger partial charge in [-0.2, -0.15) is 13.2 Å². The highest BCUT2D eigenvalue weighted by molar-refractivity contribution is 5.85. The third-order valence-electron chi connectivity index (χ3n) is 1.92. The Balaban J connectivity index is 0.00000225. The largest absolute Gasteiger partial charge is 0.405 e. The molecule has 2 N–H and O–H groups in total. The van der Waals surface area contributed by atoms with Gasteiger partial charge >= 0.3 is 6.18 Å². The number of ether oxygens (including phenoxy) is 1. The van der Waals surface area contributed by atoms with Crippen molar-refractivity contribution in [1.82, 2.24) is 10.6 Å². The van der Waals surface area contributed by atoms with Crippen molar-refractivity contribution in [3.05, 3.63) is 0 Å². The quantitative estimate of drug-likeness (QED) is 0.777. The van der Waals surface area contributed by atoms with E-state index in [0.717, 1.165) is 0 Å². The molecule has 1 amide bonds. The number of halogens is 4. The van der Waals surface area contributed by atoms with Crippen LogP contribution in [0.2, 0.25) is 0 Å². The van der Waals surface area contributed by atoms with E-state index in [1.54, 1.807) is 0 Å².